The van der Waals surface area contributed by atoms with Crippen LogP contribution in [0.5, 0.6) is 0 Å². The monoisotopic (exact) mass is 475 g/mol. The van der Waals surface area contributed by atoms with E-state index >= 15 is 0 Å². The number of anilines is 1. The van der Waals surface area contributed by atoms with Crippen molar-refractivity contribution in [1.82, 2.24) is 19.3 Å². The summed E-state index contributed by atoms with van der Waals surface area (Å²) >= 11 is 0. The minimum atomic E-state index is -1.31. The van der Waals surface area contributed by atoms with E-state index in [1.807, 2.05) is 28.8 Å². The average molecular weight is 475 g/mol. The second-order valence-corrected chi connectivity index (χ2v) is 8.06. The van der Waals surface area contributed by atoms with Crippen molar-refractivity contribution in [2.45, 2.75) is 13.1 Å². The second kappa shape index (κ2) is 10.2. The maximum absolute atomic E-state index is 14.8. The number of nitrogens with zero attached hydrogens (tertiary/aromatic N) is 4. The number of carboxylic acids is 1. The van der Waals surface area contributed by atoms with Gasteiger partial charge in [0.1, 0.15) is 5.82 Å². The van der Waals surface area contributed by atoms with Crippen molar-refractivity contribution >= 4 is 23.0 Å². The summed E-state index contributed by atoms with van der Waals surface area (Å²) < 4.78 is 17.8. The molecular formula is C26H19FLiN5O3. The summed E-state index contributed by atoms with van der Waals surface area (Å²) in [7, 11) is 0. The van der Waals surface area contributed by atoms with Crippen molar-refractivity contribution in [2.75, 3.05) is 5.73 Å². The number of halogens is 1. The third kappa shape index (κ3) is 4.93. The van der Waals surface area contributed by atoms with Crippen LogP contribution in [0.15, 0.2) is 83.7 Å². The fraction of sp³-hybridized carbons (Fsp3) is 0.0769. The summed E-state index contributed by atoms with van der Waals surface area (Å²) in [5, 5.41) is 15.5. The first-order valence-electron chi connectivity index (χ1n) is 10.8. The molecule has 0 aliphatic heterocycles. The first kappa shape index (κ1) is 24.9. The van der Waals surface area contributed by atoms with Gasteiger partial charge in [0.05, 0.1) is 35.8 Å². The molecule has 0 amide bonds. The van der Waals surface area contributed by atoms with Gasteiger partial charge in [-0.25, -0.2) is 14.1 Å². The molecule has 0 spiro atoms. The normalized spacial score (nSPS) is 10.8. The molecule has 2 aromatic heterocycles. The zero-order valence-corrected chi connectivity index (χ0v) is 19.4. The first-order valence-corrected chi connectivity index (χ1v) is 10.8. The summed E-state index contributed by atoms with van der Waals surface area (Å²) in [6.07, 6.45) is 0. The van der Waals surface area contributed by atoms with E-state index in [-0.39, 0.29) is 42.2 Å². The van der Waals surface area contributed by atoms with Gasteiger partial charge in [-0.1, -0.05) is 36.4 Å². The fourth-order valence-corrected chi connectivity index (χ4v) is 3.99. The van der Waals surface area contributed by atoms with Crippen LogP contribution in [0.4, 0.5) is 10.3 Å². The Morgan fingerprint density at radius 1 is 0.944 bits per heavy atom. The van der Waals surface area contributed by atoms with Gasteiger partial charge < -0.3 is 20.2 Å². The first-order chi connectivity index (χ1) is 16.9. The molecule has 8 nitrogen and oxygen atoms in total. The number of aromatic nitrogens is 4. The number of carboxylic acid groups (broad SMARTS) is 1. The topological polar surface area (TPSA) is 119 Å². The maximum atomic E-state index is 14.8. The largest absolute Gasteiger partial charge is 1.00 e. The van der Waals surface area contributed by atoms with Gasteiger partial charge in [-0.15, -0.1) is 0 Å². The Balaban J connectivity index is 0.00000304. The molecule has 0 atom stereocenters. The molecule has 0 aliphatic rings. The van der Waals surface area contributed by atoms with Crippen LogP contribution in [-0.2, 0) is 13.1 Å². The van der Waals surface area contributed by atoms with Gasteiger partial charge in [0.25, 0.3) is 5.56 Å². The van der Waals surface area contributed by atoms with Gasteiger partial charge in [-0.05, 0) is 53.1 Å². The van der Waals surface area contributed by atoms with Crippen molar-refractivity contribution in [3.05, 3.63) is 112 Å². The van der Waals surface area contributed by atoms with Gasteiger partial charge in [0, 0.05) is 11.6 Å². The van der Waals surface area contributed by atoms with E-state index < -0.39 is 17.3 Å². The molecule has 0 saturated heterocycles. The van der Waals surface area contributed by atoms with Gasteiger partial charge in [-0.3, -0.25) is 4.79 Å². The minimum absolute atomic E-state index is 0. The van der Waals surface area contributed by atoms with Gasteiger partial charge in [0.15, 0.2) is 0 Å². The van der Waals surface area contributed by atoms with E-state index in [9.17, 15) is 19.1 Å². The number of hydrogen-bond donors (Lipinski definition) is 1. The Labute approximate surface area is 217 Å². The van der Waals surface area contributed by atoms with Gasteiger partial charge >= 0.3 is 18.9 Å². The molecule has 10 heteroatoms. The second-order valence-electron chi connectivity index (χ2n) is 8.06. The Bertz CT molecular complexity index is 1650. The number of aromatic carboxylic acids is 1. The van der Waals surface area contributed by atoms with E-state index in [2.05, 4.69) is 10.1 Å². The Hall–Kier alpha value is -4.19. The molecule has 174 valence electrons. The van der Waals surface area contributed by atoms with Gasteiger partial charge in [0.2, 0.25) is 5.95 Å². The molecule has 0 bridgehead atoms. The molecule has 0 aliphatic carbocycles. The van der Waals surface area contributed by atoms with E-state index in [4.69, 9.17) is 5.73 Å². The zero-order chi connectivity index (χ0) is 24.5. The molecule has 5 rings (SSSR count). The van der Waals surface area contributed by atoms with Crippen LogP contribution >= 0.6 is 0 Å². The molecule has 2 heterocycles. The predicted molar refractivity (Wildman–Crippen MR) is 127 cm³/mol. The van der Waals surface area contributed by atoms with Crippen LogP contribution in [-0.4, -0.2) is 25.3 Å². The third-order valence-electron chi connectivity index (χ3n) is 5.69. The Morgan fingerprint density at radius 3 is 2.53 bits per heavy atom. The number of nitrogens with two attached hydrogens (primary N) is 1. The third-order valence-corrected chi connectivity index (χ3v) is 5.69. The summed E-state index contributed by atoms with van der Waals surface area (Å²) in [6, 6.07) is 21.0. The number of imidazole rings is 1. The van der Waals surface area contributed by atoms with Crippen LogP contribution < -0.4 is 35.3 Å². The number of para-hydroxylation sites is 2. The number of fused-ring (bicyclic) bond motifs is 1. The van der Waals surface area contributed by atoms with E-state index in [1.165, 1.54) is 30.3 Å². The smallest absolute Gasteiger partial charge is 0.545 e. The van der Waals surface area contributed by atoms with E-state index in [0.29, 0.717) is 18.1 Å². The Kier molecular flexibility index (Phi) is 7.06. The maximum Gasteiger partial charge on any atom is 1.00 e. The molecule has 0 radical (unpaired) electrons. The number of benzene rings is 3. The number of hydrogen-bond acceptors (Lipinski definition) is 6. The van der Waals surface area contributed by atoms with E-state index in [0.717, 1.165) is 21.3 Å². The number of rotatable bonds is 6. The number of nitrogen functional groups attached to an aromatic ring is 1. The summed E-state index contributed by atoms with van der Waals surface area (Å²) in [5.74, 6) is -1.46. The van der Waals surface area contributed by atoms with Crippen molar-refractivity contribution in [3.63, 3.8) is 0 Å². The standard InChI is InChI=1S/C26H20FN5O3.Li/c27-20-9-8-17(14-31-23-7-2-1-6-22(23)29-26(31)28)13-19(20)21-10-11-24(33)32(30-21)15-16-4-3-5-18(12-16)25(34)35;/h1-13H,14-15H2,(H2,28,29)(H,34,35);/q;+1/p-1. The van der Waals surface area contributed by atoms with Gasteiger partial charge in [-0.2, -0.15) is 5.10 Å². The predicted octanol–water partition coefficient (Wildman–Crippen LogP) is -0.555. The SMILES string of the molecule is Nc1nc2ccccc2n1Cc1ccc(F)c(-c2ccc(=O)n(Cc3cccc(C(=O)[O-])c3)n2)c1.[Li+]. The quantitative estimate of drug-likeness (QED) is 0.329. The van der Waals surface area contributed by atoms with Crippen LogP contribution in [0.3, 0.4) is 0 Å². The zero-order valence-electron chi connectivity index (χ0n) is 19.4. The molecule has 36 heavy (non-hydrogen) atoms. The molecule has 0 saturated carbocycles. The molecule has 0 unspecified atom stereocenters. The summed E-state index contributed by atoms with van der Waals surface area (Å²) in [5.41, 5.74) is 9.15. The fourth-order valence-electron chi connectivity index (χ4n) is 3.99. The van der Waals surface area contributed by atoms with Crippen LogP contribution in [0.25, 0.3) is 22.3 Å². The van der Waals surface area contributed by atoms with Crippen molar-refractivity contribution < 1.29 is 33.2 Å². The van der Waals surface area contributed by atoms with Crippen molar-refractivity contribution in [1.29, 1.82) is 0 Å². The summed E-state index contributed by atoms with van der Waals surface area (Å²) in [4.78, 5) is 27.9. The minimum Gasteiger partial charge on any atom is -0.545 e. The van der Waals surface area contributed by atoms with Crippen LogP contribution in [0, 0.1) is 5.82 Å². The molecule has 3 aromatic carbocycles. The molecule has 2 N–H and O–H groups in total. The summed E-state index contributed by atoms with van der Waals surface area (Å²) in [6.45, 7) is 0.391. The molecule has 0 fully saturated rings. The van der Waals surface area contributed by atoms with Crippen LogP contribution in [0.2, 0.25) is 0 Å². The van der Waals surface area contributed by atoms with E-state index in [1.54, 1.807) is 24.3 Å². The van der Waals surface area contributed by atoms with Crippen molar-refractivity contribution in [3.8, 4) is 11.3 Å². The number of carbonyl (C=O) groups is 1. The molecule has 5 aromatic rings. The Morgan fingerprint density at radius 2 is 1.72 bits per heavy atom. The molecular weight excluding hydrogens is 456 g/mol. The van der Waals surface area contributed by atoms with Crippen molar-refractivity contribution in [2.24, 2.45) is 0 Å². The number of carbonyl (C=O) groups excluding carboxylic acids is 1. The van der Waals surface area contributed by atoms with Crippen LogP contribution in [0.1, 0.15) is 21.5 Å². The average Bonchev–Trinajstić information content (AvgIpc) is 3.17.